The van der Waals surface area contributed by atoms with Gasteiger partial charge in [0, 0.05) is 0 Å². The van der Waals surface area contributed by atoms with E-state index in [4.69, 9.17) is 14.2 Å². The van der Waals surface area contributed by atoms with Crippen LogP contribution in [0.25, 0.3) is 0 Å². The van der Waals surface area contributed by atoms with Gasteiger partial charge in [-0.05, 0) is 0 Å². The molecule has 0 N–H and O–H groups in total. The van der Waals surface area contributed by atoms with E-state index in [-0.39, 0.29) is 23.7 Å². The average molecular weight is 304 g/mol. The van der Waals surface area contributed by atoms with Crippen LogP contribution >= 0.6 is 22.6 Å². The van der Waals surface area contributed by atoms with Crippen LogP contribution in [0.5, 0.6) is 0 Å². The van der Waals surface area contributed by atoms with Crippen LogP contribution in [0, 0.1) is 0 Å². The molecule has 3 atom stereocenters. The van der Waals surface area contributed by atoms with E-state index in [1.807, 2.05) is 13.8 Å². The third kappa shape index (κ3) is 1.30. The summed E-state index contributed by atoms with van der Waals surface area (Å²) in [5.41, 5.74) is 0. The van der Waals surface area contributed by atoms with Crippen LogP contribution in [0.4, 0.5) is 0 Å². The van der Waals surface area contributed by atoms with E-state index in [1.165, 1.54) is 0 Å². The second-order valence-electron chi connectivity index (χ2n) is 4.52. The van der Waals surface area contributed by atoms with Crippen molar-refractivity contribution < 1.29 is 14.2 Å². The molecule has 0 bridgehead atoms. The minimum absolute atomic E-state index is 0.0669. The van der Waals surface area contributed by atoms with E-state index in [0.717, 1.165) is 4.43 Å². The van der Waals surface area contributed by atoms with E-state index in [9.17, 15) is 0 Å². The van der Waals surface area contributed by atoms with Gasteiger partial charge in [0.25, 0.3) is 0 Å². The third-order valence-electron chi connectivity index (χ3n) is 2.94. The summed E-state index contributed by atoms with van der Waals surface area (Å²) in [6.07, 6.45) is 0.326. The Hall–Kier alpha value is 0.740. The van der Waals surface area contributed by atoms with Crippen molar-refractivity contribution in [1.29, 1.82) is 0 Å². The number of alkyl halides is 1. The maximum atomic E-state index is 5.90. The third-order valence-corrected chi connectivity index (χ3v) is 3.81. The van der Waals surface area contributed by atoms with Crippen LogP contribution in [0.1, 0.15) is 13.8 Å². The molecule has 6 heteroatoms. The molecule has 2 fully saturated rings. The predicted octanol–water partition coefficient (Wildman–Crippen LogP) is 0.331. The Balaban J connectivity index is 1.87. The number of ether oxygens (including phenoxy) is 3. The van der Waals surface area contributed by atoms with Crippen LogP contribution in [0.2, 0.25) is 0 Å². The van der Waals surface area contributed by atoms with E-state index in [2.05, 4.69) is 36.2 Å². The molecule has 74 valence electrons. The van der Waals surface area contributed by atoms with Crippen molar-refractivity contribution >= 4 is 36.2 Å². The second kappa shape index (κ2) is 2.90. The Kier molecular flexibility index (Phi) is 2.06. The van der Waals surface area contributed by atoms with E-state index in [0.29, 0.717) is 0 Å². The summed E-state index contributed by atoms with van der Waals surface area (Å²) in [7, 11) is 0. The molecule has 3 heterocycles. The molecule has 3 nitrogen and oxygen atoms in total. The summed E-state index contributed by atoms with van der Waals surface area (Å²) in [5.74, 6) is -0.458. The summed E-state index contributed by atoms with van der Waals surface area (Å²) < 4.78 is 18.6. The Morgan fingerprint density at radius 3 is 2.50 bits per heavy atom. The molecule has 0 aromatic heterocycles. The fourth-order valence-corrected chi connectivity index (χ4v) is 2.96. The van der Waals surface area contributed by atoms with Gasteiger partial charge in [-0.3, -0.25) is 0 Å². The monoisotopic (exact) mass is 304 g/mol. The first-order valence-corrected chi connectivity index (χ1v) is 6.39. The van der Waals surface area contributed by atoms with Gasteiger partial charge >= 0.3 is 98.2 Å². The van der Waals surface area contributed by atoms with Crippen molar-refractivity contribution in [2.75, 3.05) is 4.43 Å². The first-order chi connectivity index (χ1) is 6.56. The molecule has 0 aromatic carbocycles. The molecule has 0 aliphatic carbocycles. The van der Waals surface area contributed by atoms with Gasteiger partial charge in [-0.15, -0.1) is 0 Å². The van der Waals surface area contributed by atoms with Gasteiger partial charge in [-0.1, -0.05) is 0 Å². The number of fused-ring (bicyclic) bond motifs is 2. The van der Waals surface area contributed by atoms with E-state index >= 15 is 0 Å². The molecule has 3 rings (SSSR count). The van der Waals surface area contributed by atoms with Gasteiger partial charge in [-0.2, -0.15) is 0 Å². The van der Waals surface area contributed by atoms with Gasteiger partial charge in [-0.25, -0.2) is 0 Å². The fourth-order valence-electron chi connectivity index (χ4n) is 2.28. The van der Waals surface area contributed by atoms with Gasteiger partial charge < -0.3 is 0 Å². The van der Waals surface area contributed by atoms with Gasteiger partial charge in [0.15, 0.2) is 0 Å². The van der Waals surface area contributed by atoms with Crippen molar-refractivity contribution in [3.05, 3.63) is 0 Å². The predicted molar refractivity (Wildman–Crippen MR) is 61.8 cm³/mol. The van der Waals surface area contributed by atoms with Crippen LogP contribution in [0.15, 0.2) is 0 Å². The molecule has 3 aliphatic rings. The van der Waals surface area contributed by atoms with Crippen molar-refractivity contribution in [3.63, 3.8) is 0 Å². The molecule has 2 saturated heterocycles. The first-order valence-electron chi connectivity index (χ1n) is 4.86. The van der Waals surface area contributed by atoms with Gasteiger partial charge in [0.2, 0.25) is 0 Å². The molecule has 0 aromatic rings. The van der Waals surface area contributed by atoms with Crippen molar-refractivity contribution in [2.45, 2.75) is 43.3 Å². The molecule has 1 unspecified atom stereocenters. The molecule has 1 spiro atoms. The Bertz CT molecular complexity index is 301. The molecule has 14 heavy (non-hydrogen) atoms. The molecule has 0 saturated carbocycles. The zero-order valence-corrected chi connectivity index (χ0v) is 10.4. The molecular formula is C8H11B2IO3. The number of rotatable bonds is 1. The zero-order valence-electron chi connectivity index (χ0n) is 8.20. The number of hydrogen-bond acceptors (Lipinski definition) is 3. The molecule has 3 aliphatic heterocycles. The standard InChI is InChI=1S/C8H11B2IO3/c1-7(2)13-5-4(3-11)12-8(9-10-8)6(5)14-7/h4-6H,3H2,1-2H3/t4-,5-,6?/m1/s1. The van der Waals surface area contributed by atoms with E-state index < -0.39 is 5.79 Å². The summed E-state index contributed by atoms with van der Waals surface area (Å²) in [6.45, 7) is 8.07. The average Bonchev–Trinajstić information content (AvgIpc) is 2.74. The number of halogens is 1. The normalized spacial score (nSPS) is 44.6. The topological polar surface area (TPSA) is 27.7 Å². The van der Waals surface area contributed by atoms with Crippen LogP contribution < -0.4 is 0 Å². The van der Waals surface area contributed by atoms with Gasteiger partial charge in [0.1, 0.15) is 0 Å². The Morgan fingerprint density at radius 2 is 1.93 bits per heavy atom. The van der Waals surface area contributed by atoms with E-state index in [1.54, 1.807) is 0 Å². The quantitative estimate of drug-likeness (QED) is 0.397. The first kappa shape index (κ1) is 9.93. The van der Waals surface area contributed by atoms with Crippen molar-refractivity contribution in [1.82, 2.24) is 0 Å². The van der Waals surface area contributed by atoms with Crippen LogP contribution in [0.3, 0.4) is 0 Å². The minimum atomic E-state index is -0.458. The summed E-state index contributed by atoms with van der Waals surface area (Å²) in [5, 5.41) is -0.228. The van der Waals surface area contributed by atoms with Crippen molar-refractivity contribution in [2.24, 2.45) is 0 Å². The van der Waals surface area contributed by atoms with Crippen molar-refractivity contribution in [3.8, 4) is 0 Å². The molecule has 0 amide bonds. The summed E-state index contributed by atoms with van der Waals surface area (Å²) in [6, 6.07) is 0. The second-order valence-corrected chi connectivity index (χ2v) is 5.40. The maximum absolute atomic E-state index is 5.90. The molecule has 0 radical (unpaired) electrons. The SMILES string of the molecule is CC1(C)OC2[C@H](O1)[C@@H](CI)OC21B=B1. The van der Waals surface area contributed by atoms with Crippen LogP contribution in [-0.2, 0) is 14.2 Å². The van der Waals surface area contributed by atoms with Gasteiger partial charge in [0.05, 0.1) is 0 Å². The van der Waals surface area contributed by atoms with Crippen LogP contribution in [-0.4, -0.2) is 47.5 Å². The zero-order chi connectivity index (χ0) is 9.97. The fraction of sp³-hybridized carbons (Fsp3) is 1.00. The Morgan fingerprint density at radius 1 is 1.21 bits per heavy atom. The summed E-state index contributed by atoms with van der Waals surface area (Å²) >= 11 is 2.33. The molecular weight excluding hydrogens is 293 g/mol. The summed E-state index contributed by atoms with van der Waals surface area (Å²) in [4.78, 5) is 0. The number of hydrogen-bond donors (Lipinski definition) is 0. The Labute approximate surface area is 98.1 Å².